The van der Waals surface area contributed by atoms with Gasteiger partial charge in [0, 0.05) is 5.41 Å². The fraction of sp³-hybridized carbons (Fsp3) is 0.500. The Morgan fingerprint density at radius 3 is 3.08 bits per heavy atom. The van der Waals surface area contributed by atoms with Crippen LogP contribution in [0.3, 0.4) is 0 Å². The van der Waals surface area contributed by atoms with Gasteiger partial charge in [0.1, 0.15) is 5.15 Å². The first-order valence-electron chi connectivity index (χ1n) is 4.52. The summed E-state index contributed by atoms with van der Waals surface area (Å²) in [6, 6.07) is 5.84. The number of pyridine rings is 1. The highest BCUT2D eigenvalue weighted by Gasteiger charge is 2.60. The molecule has 3 rings (SSSR count). The molecule has 0 N–H and O–H groups in total. The zero-order valence-electron chi connectivity index (χ0n) is 7.16. The molecule has 1 saturated carbocycles. The highest BCUT2D eigenvalue weighted by molar-refractivity contribution is 6.29. The Morgan fingerprint density at radius 1 is 1.54 bits per heavy atom. The van der Waals surface area contributed by atoms with Crippen molar-refractivity contribution in [1.29, 1.82) is 0 Å². The largest absolute Gasteiger partial charge is 0.380 e. The monoisotopic (exact) mass is 195 g/mol. The van der Waals surface area contributed by atoms with E-state index in [1.54, 1.807) is 0 Å². The van der Waals surface area contributed by atoms with Gasteiger partial charge >= 0.3 is 0 Å². The molecule has 0 radical (unpaired) electrons. The van der Waals surface area contributed by atoms with Gasteiger partial charge in [-0.3, -0.25) is 0 Å². The van der Waals surface area contributed by atoms with Gasteiger partial charge < -0.3 is 4.74 Å². The molecular formula is C10H10ClNO. The summed E-state index contributed by atoms with van der Waals surface area (Å²) in [5.41, 5.74) is 1.34. The van der Waals surface area contributed by atoms with Crippen LogP contribution in [-0.2, 0) is 10.2 Å². The van der Waals surface area contributed by atoms with Crippen LogP contribution in [-0.4, -0.2) is 18.2 Å². The van der Waals surface area contributed by atoms with Crippen LogP contribution in [0.25, 0.3) is 0 Å². The lowest BCUT2D eigenvalue weighted by Gasteiger charge is -2.09. The van der Waals surface area contributed by atoms with Crippen molar-refractivity contribution in [3.05, 3.63) is 29.0 Å². The molecule has 2 nitrogen and oxygen atoms in total. The minimum Gasteiger partial charge on any atom is -0.380 e. The standard InChI is InChI=1S/C10H10ClNO/c11-9-3-1-2-8(12-9)10-4-7(10)5-13-6-10/h1-3,7H,4-6H2/t7-,10-/m1/s1. The van der Waals surface area contributed by atoms with E-state index in [9.17, 15) is 0 Å². The maximum Gasteiger partial charge on any atom is 0.129 e. The minimum absolute atomic E-state index is 0.227. The summed E-state index contributed by atoms with van der Waals surface area (Å²) >= 11 is 5.85. The van der Waals surface area contributed by atoms with Crippen molar-refractivity contribution in [2.24, 2.45) is 5.92 Å². The molecule has 1 aliphatic carbocycles. The van der Waals surface area contributed by atoms with Crippen LogP contribution in [0.1, 0.15) is 12.1 Å². The third-order valence-electron chi connectivity index (χ3n) is 3.14. The van der Waals surface area contributed by atoms with Gasteiger partial charge in [-0.2, -0.15) is 0 Å². The number of halogens is 1. The number of aromatic nitrogens is 1. The third kappa shape index (κ3) is 1.02. The number of rotatable bonds is 1. The molecular weight excluding hydrogens is 186 g/mol. The molecule has 0 aromatic carbocycles. The average molecular weight is 196 g/mol. The maximum atomic E-state index is 5.85. The minimum atomic E-state index is 0.227. The molecule has 2 atom stereocenters. The predicted molar refractivity (Wildman–Crippen MR) is 49.9 cm³/mol. The molecule has 1 aliphatic heterocycles. The fourth-order valence-electron chi connectivity index (χ4n) is 2.23. The Bertz CT molecular complexity index is 355. The Hall–Kier alpha value is -0.600. The smallest absolute Gasteiger partial charge is 0.129 e. The molecule has 0 spiro atoms. The second kappa shape index (κ2) is 2.46. The van der Waals surface area contributed by atoms with E-state index in [4.69, 9.17) is 16.3 Å². The van der Waals surface area contributed by atoms with Crippen molar-refractivity contribution < 1.29 is 4.74 Å². The van der Waals surface area contributed by atoms with E-state index >= 15 is 0 Å². The molecule has 2 aliphatic rings. The molecule has 0 amide bonds. The van der Waals surface area contributed by atoms with Crippen molar-refractivity contribution in [3.63, 3.8) is 0 Å². The maximum absolute atomic E-state index is 5.85. The van der Waals surface area contributed by atoms with Crippen molar-refractivity contribution in [2.75, 3.05) is 13.2 Å². The van der Waals surface area contributed by atoms with E-state index < -0.39 is 0 Å². The summed E-state index contributed by atoms with van der Waals surface area (Å²) in [6.07, 6.45) is 1.22. The van der Waals surface area contributed by atoms with Crippen molar-refractivity contribution in [1.82, 2.24) is 4.98 Å². The Balaban J connectivity index is 2.01. The number of hydrogen-bond donors (Lipinski definition) is 0. The van der Waals surface area contributed by atoms with E-state index in [1.165, 1.54) is 6.42 Å². The third-order valence-corrected chi connectivity index (χ3v) is 3.35. The molecule has 1 aromatic heterocycles. The highest BCUT2D eigenvalue weighted by atomic mass is 35.5. The van der Waals surface area contributed by atoms with E-state index in [1.807, 2.05) is 12.1 Å². The van der Waals surface area contributed by atoms with Gasteiger partial charge in [0.25, 0.3) is 0 Å². The van der Waals surface area contributed by atoms with Gasteiger partial charge in [-0.15, -0.1) is 0 Å². The van der Waals surface area contributed by atoms with Crippen LogP contribution in [0.2, 0.25) is 5.15 Å². The topological polar surface area (TPSA) is 22.1 Å². The summed E-state index contributed by atoms with van der Waals surface area (Å²) < 4.78 is 5.42. The zero-order chi connectivity index (χ0) is 8.89. The first-order chi connectivity index (χ1) is 6.31. The fourth-order valence-corrected chi connectivity index (χ4v) is 2.40. The SMILES string of the molecule is Clc1cccc([C@]23COC[C@H]2C3)n1. The summed E-state index contributed by atoms with van der Waals surface area (Å²) in [5.74, 6) is 0.693. The van der Waals surface area contributed by atoms with Crippen LogP contribution >= 0.6 is 11.6 Å². The first kappa shape index (κ1) is 7.77. The molecule has 1 saturated heterocycles. The van der Waals surface area contributed by atoms with E-state index in [0.29, 0.717) is 11.1 Å². The van der Waals surface area contributed by atoms with Gasteiger partial charge in [-0.05, 0) is 24.5 Å². The van der Waals surface area contributed by atoms with Gasteiger partial charge in [0.2, 0.25) is 0 Å². The van der Waals surface area contributed by atoms with E-state index in [-0.39, 0.29) is 5.41 Å². The van der Waals surface area contributed by atoms with E-state index in [2.05, 4.69) is 11.1 Å². The quantitative estimate of drug-likeness (QED) is 0.640. The van der Waals surface area contributed by atoms with Crippen LogP contribution in [0, 0.1) is 5.92 Å². The van der Waals surface area contributed by atoms with Crippen LogP contribution in [0.15, 0.2) is 18.2 Å². The summed E-state index contributed by atoms with van der Waals surface area (Å²) in [5, 5.41) is 0.587. The summed E-state index contributed by atoms with van der Waals surface area (Å²) in [4.78, 5) is 4.35. The lowest BCUT2D eigenvalue weighted by atomic mass is 10.0. The molecule has 1 aromatic rings. The Labute approximate surface area is 81.9 Å². The lowest BCUT2D eigenvalue weighted by Crippen LogP contribution is -2.12. The average Bonchev–Trinajstić information content (AvgIpc) is 2.70. The van der Waals surface area contributed by atoms with Gasteiger partial charge in [-0.1, -0.05) is 17.7 Å². The predicted octanol–water partition coefficient (Wildman–Crippen LogP) is 2.02. The molecule has 68 valence electrons. The second-order valence-electron chi connectivity index (χ2n) is 3.92. The van der Waals surface area contributed by atoms with Crippen molar-refractivity contribution in [3.8, 4) is 0 Å². The van der Waals surface area contributed by atoms with Gasteiger partial charge in [0.15, 0.2) is 0 Å². The zero-order valence-corrected chi connectivity index (χ0v) is 7.92. The second-order valence-corrected chi connectivity index (χ2v) is 4.31. The van der Waals surface area contributed by atoms with Crippen LogP contribution in [0.5, 0.6) is 0 Å². The molecule has 3 heteroatoms. The van der Waals surface area contributed by atoms with E-state index in [0.717, 1.165) is 18.9 Å². The molecule has 2 fully saturated rings. The normalized spacial score (nSPS) is 35.9. The van der Waals surface area contributed by atoms with Gasteiger partial charge in [-0.25, -0.2) is 4.98 Å². The summed E-state index contributed by atoms with van der Waals surface area (Å²) in [6.45, 7) is 1.72. The Morgan fingerprint density at radius 2 is 2.46 bits per heavy atom. The van der Waals surface area contributed by atoms with Crippen LogP contribution < -0.4 is 0 Å². The number of fused-ring (bicyclic) bond motifs is 1. The number of nitrogens with zero attached hydrogens (tertiary/aromatic N) is 1. The molecule has 0 unspecified atom stereocenters. The van der Waals surface area contributed by atoms with Crippen LogP contribution in [0.4, 0.5) is 0 Å². The molecule has 2 heterocycles. The Kier molecular flexibility index (Phi) is 1.47. The summed E-state index contributed by atoms with van der Waals surface area (Å²) in [7, 11) is 0. The molecule has 0 bridgehead atoms. The molecule has 13 heavy (non-hydrogen) atoms. The highest BCUT2D eigenvalue weighted by Crippen LogP contribution is 2.57. The van der Waals surface area contributed by atoms with Gasteiger partial charge in [0.05, 0.1) is 18.9 Å². The van der Waals surface area contributed by atoms with Crippen molar-refractivity contribution in [2.45, 2.75) is 11.8 Å². The number of ether oxygens (including phenoxy) is 1. The first-order valence-corrected chi connectivity index (χ1v) is 4.90. The number of hydrogen-bond acceptors (Lipinski definition) is 2. The lowest BCUT2D eigenvalue weighted by molar-refractivity contribution is 0.159. The van der Waals surface area contributed by atoms with Crippen molar-refractivity contribution >= 4 is 11.6 Å².